The first-order valence-electron chi connectivity index (χ1n) is 5.43. The summed E-state index contributed by atoms with van der Waals surface area (Å²) in [6, 6.07) is 3.77. The van der Waals surface area contributed by atoms with Crippen molar-refractivity contribution in [3.8, 4) is 0 Å². The second-order valence-corrected chi connectivity index (χ2v) is 4.17. The van der Waals surface area contributed by atoms with E-state index >= 15 is 0 Å². The van der Waals surface area contributed by atoms with E-state index in [-0.39, 0.29) is 0 Å². The number of nitrogens with one attached hydrogen (secondary N) is 1. The molecule has 5 heteroatoms. The monoisotopic (exact) mass is 241 g/mol. The maximum Gasteiger partial charge on any atom is 0.126 e. The molecule has 0 aliphatic carbocycles. The zero-order valence-electron chi connectivity index (χ0n) is 9.37. The summed E-state index contributed by atoms with van der Waals surface area (Å²) in [6.45, 7) is 4.27. The fourth-order valence-electron chi connectivity index (χ4n) is 1.71. The molecular weight excluding hydrogens is 226 g/mol. The van der Waals surface area contributed by atoms with Crippen molar-refractivity contribution >= 4 is 17.4 Å². The lowest BCUT2D eigenvalue weighted by atomic mass is 10.3. The molecule has 0 atom stereocenters. The maximum atomic E-state index is 6.12. The van der Waals surface area contributed by atoms with Crippen molar-refractivity contribution in [3.63, 3.8) is 0 Å². The first-order valence-corrected chi connectivity index (χ1v) is 5.80. The Hall–Kier alpha value is -0.840. The summed E-state index contributed by atoms with van der Waals surface area (Å²) in [5.74, 6) is 0.854. The Morgan fingerprint density at radius 2 is 2.19 bits per heavy atom. The van der Waals surface area contributed by atoms with Gasteiger partial charge in [0.05, 0.1) is 23.9 Å². The van der Waals surface area contributed by atoms with Crippen molar-refractivity contribution in [2.24, 2.45) is 0 Å². The van der Waals surface area contributed by atoms with Gasteiger partial charge >= 0.3 is 0 Å². The van der Waals surface area contributed by atoms with Crippen LogP contribution in [0.2, 0.25) is 5.02 Å². The van der Waals surface area contributed by atoms with Gasteiger partial charge in [0, 0.05) is 26.7 Å². The molecule has 1 aromatic rings. The van der Waals surface area contributed by atoms with Crippen molar-refractivity contribution in [1.82, 2.24) is 9.88 Å². The highest BCUT2D eigenvalue weighted by Crippen LogP contribution is 2.18. The normalized spacial score (nSPS) is 17.4. The van der Waals surface area contributed by atoms with E-state index in [4.69, 9.17) is 16.3 Å². The number of hydrogen-bond acceptors (Lipinski definition) is 4. The van der Waals surface area contributed by atoms with Crippen LogP contribution in [-0.4, -0.2) is 43.2 Å². The number of nitrogens with zero attached hydrogens (tertiary/aromatic N) is 2. The second-order valence-electron chi connectivity index (χ2n) is 3.76. The first kappa shape index (κ1) is 11.6. The minimum Gasteiger partial charge on any atom is -0.379 e. The fourth-order valence-corrected chi connectivity index (χ4v) is 1.87. The lowest BCUT2D eigenvalue weighted by Crippen LogP contribution is -2.36. The zero-order valence-corrected chi connectivity index (χ0v) is 10.1. The quantitative estimate of drug-likeness (QED) is 0.873. The molecule has 1 aliphatic rings. The number of anilines is 1. The number of pyridine rings is 1. The maximum absolute atomic E-state index is 6.12. The van der Waals surface area contributed by atoms with Gasteiger partial charge in [-0.1, -0.05) is 11.6 Å². The van der Waals surface area contributed by atoms with Gasteiger partial charge in [0.25, 0.3) is 0 Å². The van der Waals surface area contributed by atoms with Crippen molar-refractivity contribution < 1.29 is 4.74 Å². The topological polar surface area (TPSA) is 37.4 Å². The molecule has 4 nitrogen and oxygen atoms in total. The summed E-state index contributed by atoms with van der Waals surface area (Å²) in [6.07, 6.45) is 0. The van der Waals surface area contributed by atoms with Crippen molar-refractivity contribution in [1.29, 1.82) is 0 Å². The molecule has 0 amide bonds. The molecular formula is C11H16ClN3O. The van der Waals surface area contributed by atoms with Gasteiger partial charge < -0.3 is 10.1 Å². The molecule has 1 saturated heterocycles. The Labute approximate surface area is 101 Å². The number of ether oxygens (including phenoxy) is 1. The number of halogens is 1. The number of rotatable bonds is 3. The minimum absolute atomic E-state index is 0.727. The smallest absolute Gasteiger partial charge is 0.126 e. The standard InChI is InChI=1S/C11H16ClN3O/c1-13-11-3-2-9(12)10(14-11)8-15-4-6-16-7-5-15/h2-3H,4-8H2,1H3,(H,13,14). The average molecular weight is 242 g/mol. The summed E-state index contributed by atoms with van der Waals surface area (Å²) in [5, 5.41) is 3.75. The molecule has 0 bridgehead atoms. The van der Waals surface area contributed by atoms with Crippen molar-refractivity contribution in [3.05, 3.63) is 22.8 Å². The van der Waals surface area contributed by atoms with Crippen LogP contribution < -0.4 is 5.32 Å². The van der Waals surface area contributed by atoms with Gasteiger partial charge in [0.15, 0.2) is 0 Å². The first-order chi connectivity index (χ1) is 7.79. The van der Waals surface area contributed by atoms with Gasteiger partial charge in [-0.15, -0.1) is 0 Å². The van der Waals surface area contributed by atoms with Gasteiger partial charge in [0.1, 0.15) is 5.82 Å². The SMILES string of the molecule is CNc1ccc(Cl)c(CN2CCOCC2)n1. The molecule has 1 aliphatic heterocycles. The summed E-state index contributed by atoms with van der Waals surface area (Å²) >= 11 is 6.12. The Morgan fingerprint density at radius 3 is 2.88 bits per heavy atom. The highest BCUT2D eigenvalue weighted by atomic mass is 35.5. The summed E-state index contributed by atoms with van der Waals surface area (Å²) in [7, 11) is 1.86. The van der Waals surface area contributed by atoms with Gasteiger partial charge in [-0.05, 0) is 12.1 Å². The fraction of sp³-hybridized carbons (Fsp3) is 0.545. The Kier molecular flexibility index (Phi) is 3.98. The minimum atomic E-state index is 0.727. The van der Waals surface area contributed by atoms with Gasteiger partial charge in [-0.2, -0.15) is 0 Å². The van der Waals surface area contributed by atoms with Gasteiger partial charge in [-0.3, -0.25) is 4.90 Å². The third-order valence-corrected chi connectivity index (χ3v) is 3.00. The zero-order chi connectivity index (χ0) is 11.4. The van der Waals surface area contributed by atoms with E-state index < -0.39 is 0 Å². The lowest BCUT2D eigenvalue weighted by molar-refractivity contribution is 0.0337. The van der Waals surface area contributed by atoms with Crippen LogP contribution in [0.5, 0.6) is 0 Å². The van der Waals surface area contributed by atoms with Crippen LogP contribution >= 0.6 is 11.6 Å². The van der Waals surface area contributed by atoms with E-state index in [0.29, 0.717) is 0 Å². The number of aromatic nitrogens is 1. The molecule has 0 saturated carbocycles. The number of hydrogen-bond donors (Lipinski definition) is 1. The molecule has 16 heavy (non-hydrogen) atoms. The Bertz CT molecular complexity index is 353. The van der Waals surface area contributed by atoms with Crippen LogP contribution in [0.4, 0.5) is 5.82 Å². The summed E-state index contributed by atoms with van der Waals surface area (Å²) < 4.78 is 5.31. The third kappa shape index (κ3) is 2.84. The lowest BCUT2D eigenvalue weighted by Gasteiger charge is -2.26. The Morgan fingerprint density at radius 1 is 1.44 bits per heavy atom. The van der Waals surface area contributed by atoms with E-state index in [1.54, 1.807) is 0 Å². The summed E-state index contributed by atoms with van der Waals surface area (Å²) in [5.41, 5.74) is 0.926. The average Bonchev–Trinajstić information content (AvgIpc) is 2.33. The van der Waals surface area contributed by atoms with E-state index in [1.165, 1.54) is 0 Å². The highest BCUT2D eigenvalue weighted by molar-refractivity contribution is 6.31. The van der Waals surface area contributed by atoms with Crippen LogP contribution in [0.1, 0.15) is 5.69 Å². The predicted octanol–water partition coefficient (Wildman–Crippen LogP) is 1.61. The largest absolute Gasteiger partial charge is 0.379 e. The van der Waals surface area contributed by atoms with Crippen LogP contribution in [0.25, 0.3) is 0 Å². The van der Waals surface area contributed by atoms with Crippen molar-refractivity contribution in [2.45, 2.75) is 6.54 Å². The summed E-state index contributed by atoms with van der Waals surface area (Å²) in [4.78, 5) is 6.76. The molecule has 0 spiro atoms. The molecule has 1 fully saturated rings. The number of morpholine rings is 1. The van der Waals surface area contributed by atoms with Crippen LogP contribution in [0.3, 0.4) is 0 Å². The molecule has 0 unspecified atom stereocenters. The molecule has 2 heterocycles. The van der Waals surface area contributed by atoms with Gasteiger partial charge in [0.2, 0.25) is 0 Å². The van der Waals surface area contributed by atoms with Crippen LogP contribution in [0.15, 0.2) is 12.1 Å². The van der Waals surface area contributed by atoms with Crippen molar-refractivity contribution in [2.75, 3.05) is 38.7 Å². The van der Waals surface area contributed by atoms with E-state index in [9.17, 15) is 0 Å². The van der Waals surface area contributed by atoms with Gasteiger partial charge in [-0.25, -0.2) is 4.98 Å². The van der Waals surface area contributed by atoms with E-state index in [1.807, 2.05) is 19.2 Å². The highest BCUT2D eigenvalue weighted by Gasteiger charge is 2.13. The molecule has 0 radical (unpaired) electrons. The van der Waals surface area contributed by atoms with Crippen LogP contribution in [0, 0.1) is 0 Å². The second kappa shape index (κ2) is 5.48. The van der Waals surface area contributed by atoms with E-state index in [2.05, 4.69) is 15.2 Å². The molecule has 1 N–H and O–H groups in total. The predicted molar refractivity (Wildman–Crippen MR) is 64.9 cm³/mol. The Balaban J connectivity index is 2.06. The van der Waals surface area contributed by atoms with Crippen LogP contribution in [-0.2, 0) is 11.3 Å². The molecule has 2 rings (SSSR count). The molecule has 1 aromatic heterocycles. The third-order valence-electron chi connectivity index (χ3n) is 2.65. The van der Waals surface area contributed by atoms with E-state index in [0.717, 1.165) is 49.4 Å². The molecule has 88 valence electrons. The molecule has 0 aromatic carbocycles.